The highest BCUT2D eigenvalue weighted by Crippen LogP contribution is 2.14. The molecule has 0 bridgehead atoms. The van der Waals surface area contributed by atoms with Crippen LogP contribution < -0.4 is 0 Å². The molecule has 0 heterocycles. The van der Waals surface area contributed by atoms with Gasteiger partial charge in [0.15, 0.2) is 0 Å². The number of thioether (sulfide) groups is 1. The van der Waals surface area contributed by atoms with Crippen molar-refractivity contribution in [2.75, 3.05) is 24.7 Å². The largest absolute Gasteiger partial charge is 0.463 e. The fourth-order valence-corrected chi connectivity index (χ4v) is 3.93. The maximum Gasteiger partial charge on any atom is 0.331 e. The average Bonchev–Trinajstić information content (AvgIpc) is 2.66. The quantitative estimate of drug-likeness (QED) is 0.180. The van der Waals surface area contributed by atoms with E-state index in [1.807, 2.05) is 11.8 Å². The van der Waals surface area contributed by atoms with E-state index in [0.717, 1.165) is 11.5 Å². The Labute approximate surface area is 167 Å². The second-order valence-electron chi connectivity index (χ2n) is 7.29. The molecule has 0 aromatic rings. The molecule has 4 heteroatoms. The van der Waals surface area contributed by atoms with Crippen molar-refractivity contribution >= 4 is 17.7 Å². The number of aliphatic hydroxyl groups is 1. The molecule has 0 fully saturated rings. The van der Waals surface area contributed by atoms with Crippen LogP contribution in [0, 0.1) is 0 Å². The van der Waals surface area contributed by atoms with Crippen LogP contribution in [0.1, 0.15) is 110 Å². The molecule has 0 aliphatic heterocycles. The van der Waals surface area contributed by atoms with E-state index in [-0.39, 0.29) is 0 Å². The predicted molar refractivity (Wildman–Crippen MR) is 115 cm³/mol. The van der Waals surface area contributed by atoms with E-state index in [1.165, 1.54) is 103 Å². The van der Waals surface area contributed by atoms with E-state index < -0.39 is 12.6 Å². The monoisotopic (exact) mass is 388 g/mol. The third-order valence-corrected chi connectivity index (χ3v) is 5.79. The summed E-state index contributed by atoms with van der Waals surface area (Å²) in [6, 6.07) is 0. The first kappa shape index (κ1) is 25.8. The summed E-state index contributed by atoms with van der Waals surface area (Å²) in [4.78, 5) is 10.7. The minimum atomic E-state index is -0.520. The normalized spacial score (nSPS) is 11.0. The molecule has 0 radical (unpaired) electrons. The number of carbonyl (C=O) groups is 1. The highest BCUT2D eigenvalue weighted by molar-refractivity contribution is 7.99. The van der Waals surface area contributed by atoms with Crippen LogP contribution in [0.2, 0.25) is 0 Å². The first-order chi connectivity index (χ1) is 12.8. The Hall–Kier alpha value is -0.220. The Morgan fingerprint density at radius 3 is 1.54 bits per heavy atom. The number of unbranched alkanes of at least 4 members (excludes halogenated alkanes) is 15. The summed E-state index contributed by atoms with van der Waals surface area (Å²) in [6.07, 6.45) is 22.5. The highest BCUT2D eigenvalue weighted by Gasteiger charge is 1.98. The lowest BCUT2D eigenvalue weighted by molar-refractivity contribution is -0.146. The van der Waals surface area contributed by atoms with Gasteiger partial charge in [-0.05, 0) is 12.2 Å². The summed E-state index contributed by atoms with van der Waals surface area (Å²) in [7, 11) is 0. The number of rotatable bonds is 21. The van der Waals surface area contributed by atoms with Gasteiger partial charge >= 0.3 is 5.97 Å². The van der Waals surface area contributed by atoms with Crippen molar-refractivity contribution in [1.29, 1.82) is 0 Å². The Morgan fingerprint density at radius 1 is 0.692 bits per heavy atom. The number of aliphatic hydroxyl groups excluding tert-OH is 1. The van der Waals surface area contributed by atoms with E-state index in [2.05, 4.69) is 6.92 Å². The van der Waals surface area contributed by atoms with Gasteiger partial charge in [0.2, 0.25) is 0 Å². The second kappa shape index (κ2) is 22.8. The van der Waals surface area contributed by atoms with Gasteiger partial charge in [-0.3, -0.25) is 0 Å². The van der Waals surface area contributed by atoms with Crippen LogP contribution in [0.15, 0.2) is 0 Å². The van der Waals surface area contributed by atoms with Crippen LogP contribution in [-0.2, 0) is 9.53 Å². The maximum absolute atomic E-state index is 10.7. The van der Waals surface area contributed by atoms with Crippen molar-refractivity contribution in [1.82, 2.24) is 0 Å². The van der Waals surface area contributed by atoms with Crippen LogP contribution in [-0.4, -0.2) is 35.8 Å². The molecule has 0 aromatic heterocycles. The summed E-state index contributed by atoms with van der Waals surface area (Å²) in [5.41, 5.74) is 0. The fourth-order valence-electron chi connectivity index (χ4n) is 3.11. The van der Waals surface area contributed by atoms with Gasteiger partial charge in [-0.15, -0.1) is 0 Å². The molecule has 0 spiro atoms. The van der Waals surface area contributed by atoms with E-state index >= 15 is 0 Å². The van der Waals surface area contributed by atoms with Gasteiger partial charge in [0.1, 0.15) is 13.2 Å². The summed E-state index contributed by atoms with van der Waals surface area (Å²) in [6.45, 7) is 2.19. The molecule has 0 atom stereocenters. The first-order valence-electron chi connectivity index (χ1n) is 11.2. The lowest BCUT2D eigenvalue weighted by Gasteiger charge is -2.04. The SMILES string of the molecule is CCCCCCCCCCCCCCCCCCSCCOC(=O)CO. The Kier molecular flexibility index (Phi) is 22.6. The van der Waals surface area contributed by atoms with Crippen LogP contribution >= 0.6 is 11.8 Å². The van der Waals surface area contributed by atoms with Crippen LogP contribution in [0.5, 0.6) is 0 Å². The number of esters is 1. The third kappa shape index (κ3) is 21.8. The van der Waals surface area contributed by atoms with Gasteiger partial charge in [-0.2, -0.15) is 11.8 Å². The Balaban J connectivity index is 3.00. The predicted octanol–water partition coefficient (Wildman–Crippen LogP) is 6.52. The number of hydrogen-bond acceptors (Lipinski definition) is 4. The maximum atomic E-state index is 10.7. The molecule has 3 nitrogen and oxygen atoms in total. The number of carbonyl (C=O) groups excluding carboxylic acids is 1. The Bertz CT molecular complexity index is 285. The van der Waals surface area contributed by atoms with E-state index in [9.17, 15) is 4.79 Å². The summed E-state index contributed by atoms with van der Waals surface area (Å²) in [5, 5.41) is 8.51. The Morgan fingerprint density at radius 2 is 1.12 bits per heavy atom. The van der Waals surface area contributed by atoms with Crippen molar-refractivity contribution in [2.24, 2.45) is 0 Å². The van der Waals surface area contributed by atoms with Crippen molar-refractivity contribution < 1.29 is 14.6 Å². The van der Waals surface area contributed by atoms with Crippen molar-refractivity contribution in [2.45, 2.75) is 110 Å². The van der Waals surface area contributed by atoms with Gasteiger partial charge in [0.05, 0.1) is 0 Å². The van der Waals surface area contributed by atoms with E-state index in [1.54, 1.807) is 0 Å². The molecule has 1 N–H and O–H groups in total. The highest BCUT2D eigenvalue weighted by atomic mass is 32.2. The molecule has 0 amide bonds. The van der Waals surface area contributed by atoms with Gasteiger partial charge in [-0.25, -0.2) is 4.79 Å². The van der Waals surface area contributed by atoms with Gasteiger partial charge in [-0.1, -0.05) is 103 Å². The first-order valence-corrected chi connectivity index (χ1v) is 12.3. The standard InChI is InChI=1S/C22H44O3S/c1-2-3-4-5-6-7-8-9-10-11-12-13-14-15-16-17-19-26-20-18-25-22(24)21-23/h23H,2-21H2,1H3. The van der Waals surface area contributed by atoms with E-state index in [0.29, 0.717) is 6.61 Å². The fraction of sp³-hybridized carbons (Fsp3) is 0.955. The van der Waals surface area contributed by atoms with Crippen molar-refractivity contribution in [3.63, 3.8) is 0 Å². The molecular weight excluding hydrogens is 344 g/mol. The van der Waals surface area contributed by atoms with Crippen LogP contribution in [0.25, 0.3) is 0 Å². The van der Waals surface area contributed by atoms with Gasteiger partial charge in [0, 0.05) is 5.75 Å². The molecule has 0 unspecified atom stereocenters. The third-order valence-electron chi connectivity index (χ3n) is 4.76. The van der Waals surface area contributed by atoms with Gasteiger partial charge in [0.25, 0.3) is 0 Å². The lowest BCUT2D eigenvalue weighted by Crippen LogP contribution is -2.11. The topological polar surface area (TPSA) is 46.5 Å². The number of ether oxygens (including phenoxy) is 1. The zero-order valence-corrected chi connectivity index (χ0v) is 18.1. The second-order valence-corrected chi connectivity index (χ2v) is 8.52. The molecular formula is C22H44O3S. The van der Waals surface area contributed by atoms with Crippen molar-refractivity contribution in [3.05, 3.63) is 0 Å². The minimum Gasteiger partial charge on any atom is -0.463 e. The molecule has 0 rings (SSSR count). The zero-order chi connectivity index (χ0) is 19.1. The molecule has 0 aliphatic rings. The molecule has 0 aromatic carbocycles. The molecule has 156 valence electrons. The van der Waals surface area contributed by atoms with Crippen molar-refractivity contribution in [3.8, 4) is 0 Å². The van der Waals surface area contributed by atoms with Gasteiger partial charge < -0.3 is 9.84 Å². The van der Waals surface area contributed by atoms with E-state index in [4.69, 9.17) is 9.84 Å². The summed E-state index contributed by atoms with van der Waals surface area (Å²) in [5.74, 6) is 1.47. The van der Waals surface area contributed by atoms with Crippen LogP contribution in [0.4, 0.5) is 0 Å². The number of hydrogen-bond donors (Lipinski definition) is 1. The minimum absolute atomic E-state index is 0.420. The molecule has 0 aliphatic carbocycles. The molecule has 26 heavy (non-hydrogen) atoms. The summed E-state index contributed by atoms with van der Waals surface area (Å²) >= 11 is 1.83. The molecule has 0 saturated heterocycles. The average molecular weight is 389 g/mol. The van der Waals surface area contributed by atoms with Crippen LogP contribution in [0.3, 0.4) is 0 Å². The summed E-state index contributed by atoms with van der Waals surface area (Å²) < 4.78 is 4.81. The molecule has 0 saturated carbocycles. The zero-order valence-electron chi connectivity index (χ0n) is 17.3. The smallest absolute Gasteiger partial charge is 0.331 e. The lowest BCUT2D eigenvalue weighted by atomic mass is 10.0.